The van der Waals surface area contributed by atoms with Crippen LogP contribution in [0.3, 0.4) is 0 Å². The van der Waals surface area contributed by atoms with E-state index in [4.69, 9.17) is 0 Å². The Morgan fingerprint density at radius 1 is 1.70 bits per heavy atom. The highest BCUT2D eigenvalue weighted by Gasteiger charge is 1.97. The standard InChI is InChI=1S/C6H5BrFNO/c7-5-3-9-2-1-6(5)10-4-8/h1-3H,4H2. The van der Waals surface area contributed by atoms with Gasteiger partial charge in [-0.05, 0) is 22.0 Å². The predicted molar refractivity (Wildman–Crippen MR) is 38.5 cm³/mol. The molecule has 0 N–H and O–H groups in total. The van der Waals surface area contributed by atoms with Gasteiger partial charge >= 0.3 is 0 Å². The first-order valence-corrected chi connectivity index (χ1v) is 3.42. The number of aromatic nitrogens is 1. The van der Waals surface area contributed by atoms with Crippen LogP contribution in [0.5, 0.6) is 5.75 Å². The number of ether oxygens (including phenoxy) is 1. The fourth-order valence-electron chi connectivity index (χ4n) is 0.538. The second kappa shape index (κ2) is 3.51. The van der Waals surface area contributed by atoms with Crippen LogP contribution >= 0.6 is 15.9 Å². The van der Waals surface area contributed by atoms with Crippen LogP contribution in [0.1, 0.15) is 0 Å². The average Bonchev–Trinajstić information content (AvgIpc) is 1.94. The van der Waals surface area contributed by atoms with Gasteiger partial charge in [0.15, 0.2) is 0 Å². The quantitative estimate of drug-likeness (QED) is 0.739. The summed E-state index contributed by atoms with van der Waals surface area (Å²) in [4.78, 5) is 3.78. The number of halogens is 2. The van der Waals surface area contributed by atoms with Gasteiger partial charge in [0, 0.05) is 12.4 Å². The zero-order chi connectivity index (χ0) is 7.40. The predicted octanol–water partition coefficient (Wildman–Crippen LogP) is 2.15. The van der Waals surface area contributed by atoms with Crippen LogP contribution in [0, 0.1) is 0 Å². The maximum atomic E-state index is 11.6. The van der Waals surface area contributed by atoms with E-state index in [0.29, 0.717) is 10.2 Å². The Hall–Kier alpha value is -0.640. The Kier molecular flexibility index (Phi) is 2.62. The van der Waals surface area contributed by atoms with E-state index in [1.165, 1.54) is 6.20 Å². The molecule has 0 radical (unpaired) electrons. The fraction of sp³-hybridized carbons (Fsp3) is 0.167. The summed E-state index contributed by atoms with van der Waals surface area (Å²) < 4.78 is 16.8. The van der Waals surface area contributed by atoms with Crippen LogP contribution in [-0.4, -0.2) is 11.8 Å². The van der Waals surface area contributed by atoms with Crippen LogP contribution in [0.15, 0.2) is 22.9 Å². The second-order valence-electron chi connectivity index (χ2n) is 1.56. The second-order valence-corrected chi connectivity index (χ2v) is 2.41. The maximum Gasteiger partial charge on any atom is 0.228 e. The molecule has 2 nitrogen and oxygen atoms in total. The molecular formula is C6H5BrFNO. The van der Waals surface area contributed by atoms with Gasteiger partial charge < -0.3 is 4.74 Å². The lowest BCUT2D eigenvalue weighted by molar-refractivity contribution is 0.190. The van der Waals surface area contributed by atoms with Crippen LogP contribution in [0.25, 0.3) is 0 Å². The van der Waals surface area contributed by atoms with Crippen LogP contribution in [0.2, 0.25) is 0 Å². The van der Waals surface area contributed by atoms with Crippen LogP contribution in [-0.2, 0) is 0 Å². The van der Waals surface area contributed by atoms with Crippen molar-refractivity contribution < 1.29 is 9.13 Å². The van der Waals surface area contributed by atoms with E-state index in [1.807, 2.05) is 0 Å². The molecule has 0 saturated carbocycles. The number of pyridine rings is 1. The van der Waals surface area contributed by atoms with E-state index in [0.717, 1.165) is 0 Å². The molecule has 1 heterocycles. The zero-order valence-electron chi connectivity index (χ0n) is 5.05. The summed E-state index contributed by atoms with van der Waals surface area (Å²) in [5.41, 5.74) is 0. The minimum atomic E-state index is -0.817. The summed E-state index contributed by atoms with van der Waals surface area (Å²) in [5, 5.41) is 0. The normalized spacial score (nSPS) is 9.40. The molecule has 0 aromatic carbocycles. The van der Waals surface area contributed by atoms with Gasteiger partial charge in [-0.2, -0.15) is 0 Å². The third-order valence-corrected chi connectivity index (χ3v) is 1.54. The number of alkyl halides is 1. The summed E-state index contributed by atoms with van der Waals surface area (Å²) in [6.07, 6.45) is 3.08. The highest BCUT2D eigenvalue weighted by Crippen LogP contribution is 2.22. The largest absolute Gasteiger partial charge is 0.462 e. The molecule has 1 aromatic heterocycles. The molecule has 10 heavy (non-hydrogen) atoms. The van der Waals surface area contributed by atoms with E-state index in [2.05, 4.69) is 25.7 Å². The van der Waals surface area contributed by atoms with Gasteiger partial charge in [-0.1, -0.05) is 0 Å². The smallest absolute Gasteiger partial charge is 0.228 e. The lowest BCUT2D eigenvalue weighted by atomic mass is 10.5. The Morgan fingerprint density at radius 3 is 3.10 bits per heavy atom. The van der Waals surface area contributed by atoms with Crippen molar-refractivity contribution in [3.63, 3.8) is 0 Å². The third kappa shape index (κ3) is 1.67. The van der Waals surface area contributed by atoms with Gasteiger partial charge in [0.25, 0.3) is 0 Å². The van der Waals surface area contributed by atoms with Crippen LogP contribution in [0.4, 0.5) is 4.39 Å². The van der Waals surface area contributed by atoms with Gasteiger partial charge in [0.05, 0.1) is 4.47 Å². The molecule has 4 heteroatoms. The van der Waals surface area contributed by atoms with Crippen molar-refractivity contribution in [2.24, 2.45) is 0 Å². The number of hydrogen-bond donors (Lipinski definition) is 0. The molecular weight excluding hydrogens is 201 g/mol. The number of nitrogens with zero attached hydrogens (tertiary/aromatic N) is 1. The Labute approximate surface area is 66.2 Å². The van der Waals surface area contributed by atoms with Gasteiger partial charge in [-0.15, -0.1) is 0 Å². The molecule has 0 aliphatic heterocycles. The lowest BCUT2D eigenvalue weighted by Gasteiger charge is -2.00. The first kappa shape index (κ1) is 7.47. The molecule has 0 saturated heterocycles. The van der Waals surface area contributed by atoms with Crippen molar-refractivity contribution in [3.8, 4) is 5.75 Å². The van der Waals surface area contributed by atoms with E-state index in [1.54, 1.807) is 12.3 Å². The molecule has 1 aromatic rings. The molecule has 0 aliphatic rings. The van der Waals surface area contributed by atoms with Gasteiger partial charge in [-0.25, -0.2) is 4.39 Å². The van der Waals surface area contributed by atoms with E-state index in [9.17, 15) is 4.39 Å². The first-order valence-electron chi connectivity index (χ1n) is 2.63. The van der Waals surface area contributed by atoms with E-state index < -0.39 is 6.86 Å². The number of hydrogen-bond acceptors (Lipinski definition) is 2. The van der Waals surface area contributed by atoms with E-state index >= 15 is 0 Å². The molecule has 0 aliphatic carbocycles. The fourth-order valence-corrected chi connectivity index (χ4v) is 0.903. The molecule has 54 valence electrons. The summed E-state index contributed by atoms with van der Waals surface area (Å²) in [7, 11) is 0. The zero-order valence-corrected chi connectivity index (χ0v) is 6.64. The molecule has 0 fully saturated rings. The van der Waals surface area contributed by atoms with Gasteiger partial charge in [-0.3, -0.25) is 4.98 Å². The molecule has 0 bridgehead atoms. The topological polar surface area (TPSA) is 22.1 Å². The lowest BCUT2D eigenvalue weighted by Crippen LogP contribution is -1.90. The molecule has 0 atom stereocenters. The van der Waals surface area contributed by atoms with Gasteiger partial charge in [0.1, 0.15) is 5.75 Å². The molecule has 0 spiro atoms. The summed E-state index contributed by atoms with van der Waals surface area (Å²) >= 11 is 3.14. The van der Waals surface area contributed by atoms with Crippen molar-refractivity contribution in [3.05, 3.63) is 22.9 Å². The Bertz CT molecular complexity index is 219. The van der Waals surface area contributed by atoms with Crippen molar-refractivity contribution in [2.75, 3.05) is 6.86 Å². The van der Waals surface area contributed by atoms with Crippen LogP contribution < -0.4 is 4.74 Å². The van der Waals surface area contributed by atoms with E-state index in [-0.39, 0.29) is 0 Å². The third-order valence-electron chi connectivity index (χ3n) is 0.945. The summed E-state index contributed by atoms with van der Waals surface area (Å²) in [6.45, 7) is -0.817. The number of rotatable bonds is 2. The monoisotopic (exact) mass is 205 g/mol. The Morgan fingerprint density at radius 2 is 2.50 bits per heavy atom. The van der Waals surface area contributed by atoms with Gasteiger partial charge in [0.2, 0.25) is 6.86 Å². The van der Waals surface area contributed by atoms with Crippen molar-refractivity contribution >= 4 is 15.9 Å². The first-order chi connectivity index (χ1) is 4.84. The SMILES string of the molecule is FCOc1ccncc1Br. The minimum absolute atomic E-state index is 0.470. The van der Waals surface area contributed by atoms with Crippen molar-refractivity contribution in [2.45, 2.75) is 0 Å². The van der Waals surface area contributed by atoms with Crippen molar-refractivity contribution in [1.29, 1.82) is 0 Å². The highest BCUT2D eigenvalue weighted by atomic mass is 79.9. The molecule has 0 unspecified atom stereocenters. The minimum Gasteiger partial charge on any atom is -0.462 e. The molecule has 0 amide bonds. The summed E-state index contributed by atoms with van der Waals surface area (Å²) in [5.74, 6) is 0.470. The Balaban J connectivity index is 2.81. The maximum absolute atomic E-state index is 11.6. The van der Waals surface area contributed by atoms with Crippen molar-refractivity contribution in [1.82, 2.24) is 4.98 Å². The highest BCUT2D eigenvalue weighted by molar-refractivity contribution is 9.10. The average molecular weight is 206 g/mol. The summed E-state index contributed by atoms with van der Waals surface area (Å²) in [6, 6.07) is 1.59. The molecule has 1 rings (SSSR count).